The van der Waals surface area contributed by atoms with Crippen LogP contribution in [0, 0.1) is 6.92 Å². The Kier molecular flexibility index (Phi) is 2.91. The van der Waals surface area contributed by atoms with Gasteiger partial charge in [-0.15, -0.1) is 0 Å². The zero-order valence-corrected chi connectivity index (χ0v) is 9.98. The fraction of sp³-hybridized carbons (Fsp3) is 0.0909. The fourth-order valence-corrected chi connectivity index (χ4v) is 2.28. The Morgan fingerprint density at radius 2 is 1.88 bits per heavy atom. The Hall–Kier alpha value is -1.79. The first kappa shape index (κ1) is 11.7. The summed E-state index contributed by atoms with van der Waals surface area (Å²) in [5, 5.41) is 5.16. The summed E-state index contributed by atoms with van der Waals surface area (Å²) in [5.74, 6) is 0.576. The van der Waals surface area contributed by atoms with Gasteiger partial charge in [-0.3, -0.25) is 0 Å². The van der Waals surface area contributed by atoms with Gasteiger partial charge in [-0.05, 0) is 19.1 Å². The van der Waals surface area contributed by atoms with Gasteiger partial charge in [0.15, 0.2) is 0 Å². The van der Waals surface area contributed by atoms with E-state index in [2.05, 4.69) is 9.97 Å². The number of hydrogen-bond donors (Lipinski definition) is 1. The second-order valence-electron chi connectivity index (χ2n) is 3.53. The van der Waals surface area contributed by atoms with Gasteiger partial charge in [0.25, 0.3) is 0 Å². The van der Waals surface area contributed by atoms with E-state index in [1.165, 1.54) is 6.07 Å². The summed E-state index contributed by atoms with van der Waals surface area (Å²) in [4.78, 5) is 8.22. The van der Waals surface area contributed by atoms with Crippen LogP contribution in [0.3, 0.4) is 0 Å². The highest BCUT2D eigenvalue weighted by Crippen LogP contribution is 2.24. The molecule has 1 aromatic carbocycles. The summed E-state index contributed by atoms with van der Waals surface area (Å²) in [6.07, 6.45) is 1.58. The Labute approximate surface area is 99.4 Å². The molecular weight excluding hydrogens is 238 g/mol. The minimum atomic E-state index is -3.75. The quantitative estimate of drug-likeness (QED) is 0.863. The third-order valence-electron chi connectivity index (χ3n) is 2.25. The van der Waals surface area contributed by atoms with Crippen LogP contribution in [0.1, 0.15) is 5.82 Å². The van der Waals surface area contributed by atoms with Crippen molar-refractivity contribution in [3.8, 4) is 11.3 Å². The van der Waals surface area contributed by atoms with Crippen molar-refractivity contribution in [1.82, 2.24) is 9.97 Å². The van der Waals surface area contributed by atoms with E-state index in [1.54, 1.807) is 37.4 Å². The molecule has 6 heteroatoms. The molecule has 2 rings (SSSR count). The standard InChI is InChI=1S/C11H11N3O2S/c1-8-13-7-6-10(14-8)9-4-2-3-5-11(9)17(12,15)16/h2-7H,1H3,(H2,12,15,16). The lowest BCUT2D eigenvalue weighted by Crippen LogP contribution is -2.13. The first-order valence-electron chi connectivity index (χ1n) is 4.90. The summed E-state index contributed by atoms with van der Waals surface area (Å²) in [7, 11) is -3.75. The van der Waals surface area contributed by atoms with Crippen molar-refractivity contribution in [2.45, 2.75) is 11.8 Å². The van der Waals surface area contributed by atoms with Gasteiger partial charge in [-0.25, -0.2) is 23.5 Å². The second-order valence-corrected chi connectivity index (χ2v) is 5.06. The maximum Gasteiger partial charge on any atom is 0.238 e. The van der Waals surface area contributed by atoms with Crippen molar-refractivity contribution < 1.29 is 8.42 Å². The van der Waals surface area contributed by atoms with Crippen molar-refractivity contribution in [2.24, 2.45) is 5.14 Å². The molecule has 0 radical (unpaired) electrons. The van der Waals surface area contributed by atoms with Crippen LogP contribution in [0.2, 0.25) is 0 Å². The SMILES string of the molecule is Cc1nccc(-c2ccccc2S(N)(=O)=O)n1. The lowest BCUT2D eigenvalue weighted by molar-refractivity contribution is 0.598. The van der Waals surface area contributed by atoms with Gasteiger partial charge < -0.3 is 0 Å². The third kappa shape index (κ3) is 2.48. The van der Waals surface area contributed by atoms with Crippen LogP contribution in [0.15, 0.2) is 41.4 Å². The smallest absolute Gasteiger partial charge is 0.238 e. The molecule has 0 bridgehead atoms. The van der Waals surface area contributed by atoms with Crippen LogP contribution in [0.25, 0.3) is 11.3 Å². The lowest BCUT2D eigenvalue weighted by atomic mass is 10.1. The zero-order chi connectivity index (χ0) is 12.5. The molecule has 5 nitrogen and oxygen atoms in total. The van der Waals surface area contributed by atoms with E-state index in [0.717, 1.165) is 0 Å². The van der Waals surface area contributed by atoms with Gasteiger partial charge in [0, 0.05) is 11.8 Å². The number of nitrogens with zero attached hydrogens (tertiary/aromatic N) is 2. The topological polar surface area (TPSA) is 85.9 Å². The molecule has 0 saturated carbocycles. The van der Waals surface area contributed by atoms with Crippen LogP contribution >= 0.6 is 0 Å². The van der Waals surface area contributed by atoms with Crippen LogP contribution in [0.5, 0.6) is 0 Å². The third-order valence-corrected chi connectivity index (χ3v) is 3.21. The highest BCUT2D eigenvalue weighted by atomic mass is 32.2. The number of aromatic nitrogens is 2. The largest absolute Gasteiger partial charge is 0.242 e. The molecular formula is C11H11N3O2S. The van der Waals surface area contributed by atoms with Gasteiger partial charge in [0.1, 0.15) is 5.82 Å². The van der Waals surface area contributed by atoms with Gasteiger partial charge in [-0.2, -0.15) is 0 Å². The number of aryl methyl sites for hydroxylation is 1. The molecule has 0 spiro atoms. The molecule has 0 aliphatic heterocycles. The van der Waals surface area contributed by atoms with E-state index in [-0.39, 0.29) is 4.90 Å². The maximum atomic E-state index is 11.4. The predicted octanol–water partition coefficient (Wildman–Crippen LogP) is 1.10. The Morgan fingerprint density at radius 1 is 1.18 bits per heavy atom. The number of benzene rings is 1. The first-order chi connectivity index (χ1) is 7.98. The zero-order valence-electron chi connectivity index (χ0n) is 9.16. The molecule has 0 aliphatic rings. The van der Waals surface area contributed by atoms with Crippen LogP contribution in [-0.2, 0) is 10.0 Å². The second kappa shape index (κ2) is 4.23. The maximum absolute atomic E-state index is 11.4. The number of sulfonamides is 1. The number of nitrogens with two attached hydrogens (primary N) is 1. The van der Waals surface area contributed by atoms with Gasteiger partial charge in [-0.1, -0.05) is 18.2 Å². The molecule has 0 saturated heterocycles. The lowest BCUT2D eigenvalue weighted by Gasteiger charge is -2.06. The molecule has 0 unspecified atom stereocenters. The summed E-state index contributed by atoms with van der Waals surface area (Å²) < 4.78 is 22.9. The number of hydrogen-bond acceptors (Lipinski definition) is 4. The molecule has 2 aromatic rings. The number of rotatable bonds is 2. The van der Waals surface area contributed by atoms with Gasteiger partial charge in [0.05, 0.1) is 10.6 Å². The van der Waals surface area contributed by atoms with E-state index in [4.69, 9.17) is 5.14 Å². The summed E-state index contributed by atoms with van der Waals surface area (Å²) in [6, 6.07) is 8.14. The number of primary sulfonamides is 1. The molecule has 17 heavy (non-hydrogen) atoms. The Balaban J connectivity index is 2.69. The van der Waals surface area contributed by atoms with E-state index < -0.39 is 10.0 Å². The van der Waals surface area contributed by atoms with Crippen LogP contribution in [-0.4, -0.2) is 18.4 Å². The molecule has 2 N–H and O–H groups in total. The molecule has 0 atom stereocenters. The fourth-order valence-electron chi connectivity index (χ4n) is 1.53. The van der Waals surface area contributed by atoms with Crippen LogP contribution in [0.4, 0.5) is 0 Å². The first-order valence-corrected chi connectivity index (χ1v) is 6.45. The highest BCUT2D eigenvalue weighted by Gasteiger charge is 2.15. The molecule has 1 heterocycles. The molecule has 1 aromatic heterocycles. The van der Waals surface area contributed by atoms with Crippen molar-refractivity contribution in [2.75, 3.05) is 0 Å². The van der Waals surface area contributed by atoms with E-state index in [0.29, 0.717) is 17.1 Å². The summed E-state index contributed by atoms with van der Waals surface area (Å²) in [6.45, 7) is 1.74. The Bertz CT molecular complexity index is 653. The van der Waals surface area contributed by atoms with Crippen LogP contribution < -0.4 is 5.14 Å². The summed E-state index contributed by atoms with van der Waals surface area (Å²) >= 11 is 0. The Morgan fingerprint density at radius 3 is 2.53 bits per heavy atom. The normalized spacial score (nSPS) is 11.4. The van der Waals surface area contributed by atoms with Gasteiger partial charge in [0.2, 0.25) is 10.0 Å². The molecule has 88 valence electrons. The van der Waals surface area contributed by atoms with Crippen molar-refractivity contribution in [1.29, 1.82) is 0 Å². The molecule has 0 fully saturated rings. The van der Waals surface area contributed by atoms with E-state index >= 15 is 0 Å². The van der Waals surface area contributed by atoms with E-state index in [1.807, 2.05) is 0 Å². The monoisotopic (exact) mass is 249 g/mol. The van der Waals surface area contributed by atoms with Gasteiger partial charge >= 0.3 is 0 Å². The van der Waals surface area contributed by atoms with Crippen molar-refractivity contribution >= 4 is 10.0 Å². The van der Waals surface area contributed by atoms with E-state index in [9.17, 15) is 8.42 Å². The highest BCUT2D eigenvalue weighted by molar-refractivity contribution is 7.89. The minimum Gasteiger partial charge on any atom is -0.242 e. The average molecular weight is 249 g/mol. The van der Waals surface area contributed by atoms with Crippen molar-refractivity contribution in [3.63, 3.8) is 0 Å². The molecule has 0 amide bonds. The average Bonchev–Trinajstić information content (AvgIpc) is 2.28. The predicted molar refractivity (Wildman–Crippen MR) is 63.6 cm³/mol. The van der Waals surface area contributed by atoms with Crippen molar-refractivity contribution in [3.05, 3.63) is 42.4 Å². The molecule has 0 aliphatic carbocycles. The minimum absolute atomic E-state index is 0.0677. The summed E-state index contributed by atoms with van der Waals surface area (Å²) in [5.41, 5.74) is 1.03.